The fraction of sp³-hybridized carbons (Fsp3) is 0.0909. The van der Waals surface area contributed by atoms with E-state index in [0.29, 0.717) is 15.1 Å². The first-order chi connectivity index (χ1) is 15.7. The first-order valence-electron chi connectivity index (χ1n) is 9.44. The second-order valence-corrected chi connectivity index (χ2v) is 9.80. The molecular formula is C22H19BrClN3O5S. The maximum absolute atomic E-state index is 13.2. The van der Waals surface area contributed by atoms with E-state index in [2.05, 4.69) is 26.5 Å². The Balaban J connectivity index is 1.83. The Bertz CT molecular complexity index is 1290. The summed E-state index contributed by atoms with van der Waals surface area (Å²) in [6.07, 6.45) is 1.33. The van der Waals surface area contributed by atoms with Gasteiger partial charge in [-0.3, -0.25) is 9.10 Å². The minimum absolute atomic E-state index is 0.0299. The van der Waals surface area contributed by atoms with Gasteiger partial charge in [0.2, 0.25) is 0 Å². The zero-order chi connectivity index (χ0) is 24.0. The first-order valence-corrected chi connectivity index (χ1v) is 12.0. The van der Waals surface area contributed by atoms with Gasteiger partial charge in [0.1, 0.15) is 6.54 Å². The van der Waals surface area contributed by atoms with Crippen LogP contribution in [-0.2, 0) is 14.8 Å². The van der Waals surface area contributed by atoms with E-state index >= 15 is 0 Å². The fourth-order valence-corrected chi connectivity index (χ4v) is 4.91. The molecular weight excluding hydrogens is 534 g/mol. The Morgan fingerprint density at radius 2 is 1.91 bits per heavy atom. The number of carbonyl (C=O) groups is 1. The highest BCUT2D eigenvalue weighted by atomic mass is 79.9. The van der Waals surface area contributed by atoms with Crippen molar-refractivity contribution in [3.8, 4) is 11.5 Å². The predicted molar refractivity (Wildman–Crippen MR) is 131 cm³/mol. The van der Waals surface area contributed by atoms with E-state index in [0.717, 1.165) is 4.31 Å². The van der Waals surface area contributed by atoms with Crippen LogP contribution in [0.5, 0.6) is 11.5 Å². The summed E-state index contributed by atoms with van der Waals surface area (Å²) in [6.45, 7) is -0.530. The topological polar surface area (TPSA) is 108 Å². The van der Waals surface area contributed by atoms with Crippen molar-refractivity contribution in [2.45, 2.75) is 4.90 Å². The lowest BCUT2D eigenvalue weighted by atomic mass is 10.2. The molecule has 33 heavy (non-hydrogen) atoms. The predicted octanol–water partition coefficient (Wildman–Crippen LogP) is 4.16. The van der Waals surface area contributed by atoms with Crippen LogP contribution in [0.15, 0.2) is 81.2 Å². The van der Waals surface area contributed by atoms with Crippen molar-refractivity contribution in [2.24, 2.45) is 5.10 Å². The molecule has 0 saturated carbocycles. The average Bonchev–Trinajstić information content (AvgIpc) is 2.80. The second kappa shape index (κ2) is 10.7. The number of phenolic OH excluding ortho intramolecular Hbond substituents is 1. The summed E-state index contributed by atoms with van der Waals surface area (Å²) in [6, 6.07) is 17.1. The summed E-state index contributed by atoms with van der Waals surface area (Å²) in [4.78, 5) is 12.6. The molecule has 0 bridgehead atoms. The van der Waals surface area contributed by atoms with E-state index < -0.39 is 22.5 Å². The largest absolute Gasteiger partial charge is 0.503 e. The summed E-state index contributed by atoms with van der Waals surface area (Å²) >= 11 is 9.25. The van der Waals surface area contributed by atoms with Crippen LogP contribution in [-0.4, -0.2) is 39.3 Å². The number of benzene rings is 3. The smallest absolute Gasteiger partial charge is 0.264 e. The molecule has 0 aliphatic carbocycles. The molecule has 11 heteroatoms. The molecule has 1 amide bonds. The van der Waals surface area contributed by atoms with Crippen LogP contribution in [0.2, 0.25) is 5.02 Å². The molecule has 3 rings (SSSR count). The van der Waals surface area contributed by atoms with Gasteiger partial charge in [-0.05, 0) is 64.0 Å². The molecule has 0 atom stereocenters. The number of hydrogen-bond acceptors (Lipinski definition) is 6. The number of methoxy groups -OCH3 is 1. The van der Waals surface area contributed by atoms with Gasteiger partial charge in [-0.15, -0.1) is 0 Å². The molecule has 0 aliphatic heterocycles. The molecule has 0 spiro atoms. The highest BCUT2D eigenvalue weighted by molar-refractivity contribution is 9.10. The van der Waals surface area contributed by atoms with Crippen molar-refractivity contribution < 1.29 is 23.1 Å². The molecule has 2 N–H and O–H groups in total. The van der Waals surface area contributed by atoms with E-state index in [-0.39, 0.29) is 22.1 Å². The normalized spacial score (nSPS) is 11.4. The molecule has 172 valence electrons. The van der Waals surface area contributed by atoms with Crippen LogP contribution in [0.1, 0.15) is 5.56 Å². The number of nitrogens with one attached hydrogen (secondary N) is 1. The molecule has 0 fully saturated rings. The Morgan fingerprint density at radius 1 is 1.18 bits per heavy atom. The van der Waals surface area contributed by atoms with Gasteiger partial charge in [-0.1, -0.05) is 35.9 Å². The van der Waals surface area contributed by atoms with E-state index in [1.54, 1.807) is 42.5 Å². The van der Waals surface area contributed by atoms with Crippen LogP contribution in [0, 0.1) is 0 Å². The van der Waals surface area contributed by atoms with Crippen molar-refractivity contribution >= 4 is 55.4 Å². The van der Waals surface area contributed by atoms with E-state index in [1.807, 2.05) is 0 Å². The van der Waals surface area contributed by atoms with Gasteiger partial charge < -0.3 is 9.84 Å². The zero-order valence-corrected chi connectivity index (χ0v) is 20.4. The van der Waals surface area contributed by atoms with Crippen LogP contribution in [0.25, 0.3) is 0 Å². The monoisotopic (exact) mass is 551 g/mol. The zero-order valence-electron chi connectivity index (χ0n) is 17.3. The third kappa shape index (κ3) is 6.04. The Labute approximate surface area is 204 Å². The third-order valence-corrected chi connectivity index (χ3v) is 7.02. The molecule has 0 aromatic heterocycles. The van der Waals surface area contributed by atoms with Crippen molar-refractivity contribution in [1.82, 2.24) is 5.43 Å². The number of anilines is 1. The molecule has 0 unspecified atom stereocenters. The molecule has 0 radical (unpaired) electrons. The molecule has 3 aromatic carbocycles. The number of carbonyl (C=O) groups excluding carboxylic acids is 1. The summed E-state index contributed by atoms with van der Waals surface area (Å²) in [5.41, 5.74) is 3.08. The van der Waals surface area contributed by atoms with Crippen molar-refractivity contribution in [1.29, 1.82) is 0 Å². The molecule has 3 aromatic rings. The quantitative estimate of drug-likeness (QED) is 0.322. The van der Waals surface area contributed by atoms with Gasteiger partial charge >= 0.3 is 0 Å². The van der Waals surface area contributed by atoms with Crippen molar-refractivity contribution in [3.05, 3.63) is 81.8 Å². The van der Waals surface area contributed by atoms with Gasteiger partial charge in [0.25, 0.3) is 15.9 Å². The number of halogens is 2. The molecule has 0 saturated heterocycles. The number of hydrazone groups is 1. The highest BCUT2D eigenvalue weighted by Gasteiger charge is 2.27. The van der Waals surface area contributed by atoms with Gasteiger partial charge in [0.15, 0.2) is 11.5 Å². The van der Waals surface area contributed by atoms with Crippen LogP contribution in [0.3, 0.4) is 0 Å². The van der Waals surface area contributed by atoms with E-state index in [9.17, 15) is 18.3 Å². The second-order valence-electron chi connectivity index (χ2n) is 6.65. The van der Waals surface area contributed by atoms with Crippen molar-refractivity contribution in [3.63, 3.8) is 0 Å². The molecule has 0 heterocycles. The Kier molecular flexibility index (Phi) is 7.96. The van der Waals surface area contributed by atoms with E-state index in [1.165, 1.54) is 37.6 Å². The number of sulfonamides is 1. The van der Waals surface area contributed by atoms with Gasteiger partial charge in [0, 0.05) is 5.02 Å². The number of aromatic hydroxyl groups is 1. The minimum Gasteiger partial charge on any atom is -0.503 e. The summed E-state index contributed by atoms with van der Waals surface area (Å²) in [7, 11) is -2.65. The highest BCUT2D eigenvalue weighted by Crippen LogP contribution is 2.34. The lowest BCUT2D eigenvalue weighted by molar-refractivity contribution is -0.119. The number of ether oxygens (including phenoxy) is 1. The summed E-state index contributed by atoms with van der Waals surface area (Å²) < 4.78 is 32.9. The average molecular weight is 553 g/mol. The summed E-state index contributed by atoms with van der Waals surface area (Å²) in [5, 5.41) is 14.1. The number of amides is 1. The Hall–Kier alpha value is -3.08. The Morgan fingerprint density at radius 3 is 2.58 bits per heavy atom. The van der Waals surface area contributed by atoms with Crippen LogP contribution in [0.4, 0.5) is 5.69 Å². The maximum atomic E-state index is 13.2. The molecule has 0 aliphatic rings. The number of phenols is 1. The first kappa shape index (κ1) is 24.6. The number of nitrogens with zero attached hydrogens (tertiary/aromatic N) is 2. The van der Waals surface area contributed by atoms with Gasteiger partial charge in [-0.25, -0.2) is 13.8 Å². The number of hydrogen-bond donors (Lipinski definition) is 2. The summed E-state index contributed by atoms with van der Waals surface area (Å²) in [5.74, 6) is -0.518. The van der Waals surface area contributed by atoms with Gasteiger partial charge in [0.05, 0.1) is 28.4 Å². The lowest BCUT2D eigenvalue weighted by Crippen LogP contribution is -2.39. The molecule has 8 nitrogen and oxygen atoms in total. The maximum Gasteiger partial charge on any atom is 0.264 e. The fourth-order valence-electron chi connectivity index (χ4n) is 2.83. The van der Waals surface area contributed by atoms with E-state index in [4.69, 9.17) is 16.3 Å². The van der Waals surface area contributed by atoms with Crippen molar-refractivity contribution in [2.75, 3.05) is 18.0 Å². The third-order valence-electron chi connectivity index (χ3n) is 4.39. The van der Waals surface area contributed by atoms with Gasteiger partial charge in [-0.2, -0.15) is 5.10 Å². The lowest BCUT2D eigenvalue weighted by Gasteiger charge is -2.23. The van der Waals surface area contributed by atoms with Crippen LogP contribution < -0.4 is 14.5 Å². The van der Waals surface area contributed by atoms with Crippen LogP contribution >= 0.6 is 27.5 Å². The SMILES string of the molecule is COc1cc(/C=N\NC(=O)CN(c2cccc(Cl)c2)S(=O)(=O)c2ccccc2)cc(Br)c1O. The standard InChI is InChI=1S/C22H19BrClN3O5S/c1-32-20-11-15(10-19(23)22(20)29)13-25-26-21(28)14-27(17-7-5-6-16(24)12-17)33(30,31)18-8-3-2-4-9-18/h2-13,29H,14H2,1H3,(H,26,28)/b25-13-. The number of rotatable bonds is 8. The minimum atomic E-state index is -4.05.